The predicted octanol–water partition coefficient (Wildman–Crippen LogP) is 3.16. The molecule has 1 fully saturated rings. The number of anilines is 1. The van der Waals surface area contributed by atoms with Gasteiger partial charge in [0.05, 0.1) is 13.1 Å². The van der Waals surface area contributed by atoms with E-state index < -0.39 is 0 Å². The maximum absolute atomic E-state index is 12.4. The molecule has 0 atom stereocenters. The van der Waals surface area contributed by atoms with E-state index in [0.717, 1.165) is 31.0 Å². The molecule has 1 N–H and O–H groups in total. The summed E-state index contributed by atoms with van der Waals surface area (Å²) in [6.07, 6.45) is 5.36. The van der Waals surface area contributed by atoms with Crippen molar-refractivity contribution in [3.63, 3.8) is 0 Å². The van der Waals surface area contributed by atoms with Gasteiger partial charge in [-0.25, -0.2) is 9.67 Å². The Labute approximate surface area is 158 Å². The number of hydrogen-bond donors (Lipinski definition) is 1. The minimum Gasteiger partial charge on any atom is -0.455 e. The fraction of sp³-hybridized carbons (Fsp3) is 0.350. The Morgan fingerprint density at radius 1 is 1.04 bits per heavy atom. The van der Waals surface area contributed by atoms with Crippen molar-refractivity contribution in [2.45, 2.75) is 32.4 Å². The highest BCUT2D eigenvalue weighted by atomic mass is 16.4. The van der Waals surface area contributed by atoms with Crippen LogP contribution >= 0.6 is 0 Å². The van der Waals surface area contributed by atoms with Gasteiger partial charge in [0, 0.05) is 0 Å². The first-order chi connectivity index (χ1) is 13.3. The monoisotopic (exact) mass is 365 g/mol. The summed E-state index contributed by atoms with van der Waals surface area (Å²) in [6.45, 7) is 3.53. The maximum Gasteiger partial charge on any atom is 0.293 e. The molecule has 1 aromatic carbocycles. The second-order valence-corrected chi connectivity index (χ2v) is 6.81. The quantitative estimate of drug-likeness (QED) is 0.726. The fourth-order valence-corrected chi connectivity index (χ4v) is 3.28. The lowest BCUT2D eigenvalue weighted by molar-refractivity contribution is 0.0991. The Balaban J connectivity index is 1.34. The second kappa shape index (κ2) is 8.18. The van der Waals surface area contributed by atoms with Crippen LogP contribution in [0, 0.1) is 0 Å². The van der Waals surface area contributed by atoms with Crippen molar-refractivity contribution in [2.75, 3.05) is 18.4 Å². The first-order valence-corrected chi connectivity index (χ1v) is 9.32. The molecule has 3 aromatic rings. The van der Waals surface area contributed by atoms with E-state index in [-0.39, 0.29) is 17.6 Å². The van der Waals surface area contributed by atoms with Gasteiger partial charge in [0.25, 0.3) is 5.91 Å². The summed E-state index contributed by atoms with van der Waals surface area (Å²) in [5.41, 5.74) is 1.12. The summed E-state index contributed by atoms with van der Waals surface area (Å²) in [5, 5.41) is 6.99. The van der Waals surface area contributed by atoms with E-state index in [9.17, 15) is 4.79 Å². The molecular formula is C20H23N5O2. The van der Waals surface area contributed by atoms with Crippen LogP contribution in [0.15, 0.2) is 53.2 Å². The second-order valence-electron chi connectivity index (χ2n) is 6.81. The van der Waals surface area contributed by atoms with Crippen molar-refractivity contribution in [2.24, 2.45) is 0 Å². The third kappa shape index (κ3) is 4.62. The normalized spacial score (nSPS) is 15.0. The maximum atomic E-state index is 12.4. The van der Waals surface area contributed by atoms with Gasteiger partial charge in [-0.2, -0.15) is 0 Å². The summed E-state index contributed by atoms with van der Waals surface area (Å²) in [6, 6.07) is 13.5. The predicted molar refractivity (Wildman–Crippen MR) is 101 cm³/mol. The van der Waals surface area contributed by atoms with E-state index in [0.29, 0.717) is 6.54 Å². The highest BCUT2D eigenvalue weighted by molar-refractivity contribution is 6.01. The molecule has 0 aliphatic carbocycles. The number of furan rings is 1. The average Bonchev–Trinajstić information content (AvgIpc) is 3.33. The molecule has 0 spiro atoms. The lowest BCUT2D eigenvalue weighted by Gasteiger charge is -2.25. The van der Waals surface area contributed by atoms with Gasteiger partial charge in [-0.3, -0.25) is 15.0 Å². The number of nitrogens with zero attached hydrogens (tertiary/aromatic N) is 4. The Morgan fingerprint density at radius 3 is 2.67 bits per heavy atom. The lowest BCUT2D eigenvalue weighted by atomic mass is 10.1. The molecule has 2 aromatic heterocycles. The zero-order valence-electron chi connectivity index (χ0n) is 15.2. The smallest absolute Gasteiger partial charge is 0.293 e. The van der Waals surface area contributed by atoms with Crippen LogP contribution in [0.2, 0.25) is 0 Å². The van der Waals surface area contributed by atoms with Gasteiger partial charge in [0.2, 0.25) is 5.95 Å². The molecule has 140 valence electrons. The van der Waals surface area contributed by atoms with E-state index >= 15 is 0 Å². The number of rotatable bonds is 6. The standard InChI is InChI=1S/C20H23N5O2/c26-19(18-10-9-17(27-18)14-24-11-5-2-6-12-24)22-20-21-15-25(23-20)13-16-7-3-1-4-8-16/h1,3-4,7-10,15H,2,5-6,11-14H2,(H,22,23,26). The van der Waals surface area contributed by atoms with Crippen molar-refractivity contribution >= 4 is 11.9 Å². The van der Waals surface area contributed by atoms with Crippen LogP contribution in [0.4, 0.5) is 5.95 Å². The van der Waals surface area contributed by atoms with Gasteiger partial charge >= 0.3 is 0 Å². The average molecular weight is 365 g/mol. The number of carbonyl (C=O) groups is 1. The zero-order valence-corrected chi connectivity index (χ0v) is 15.2. The molecule has 1 aliphatic rings. The first-order valence-electron chi connectivity index (χ1n) is 9.32. The van der Waals surface area contributed by atoms with Crippen LogP contribution in [0.3, 0.4) is 0 Å². The summed E-state index contributed by atoms with van der Waals surface area (Å²) in [5.74, 6) is 1.02. The van der Waals surface area contributed by atoms with Gasteiger partial charge in [-0.15, -0.1) is 5.10 Å². The molecule has 0 saturated carbocycles. The van der Waals surface area contributed by atoms with Gasteiger partial charge in [-0.05, 0) is 43.6 Å². The Morgan fingerprint density at radius 2 is 1.85 bits per heavy atom. The number of likely N-dealkylation sites (tertiary alicyclic amines) is 1. The van der Waals surface area contributed by atoms with Gasteiger partial charge in [0.15, 0.2) is 5.76 Å². The molecule has 7 heteroatoms. The molecule has 27 heavy (non-hydrogen) atoms. The molecule has 1 amide bonds. The molecular weight excluding hydrogens is 342 g/mol. The third-order valence-electron chi connectivity index (χ3n) is 4.66. The van der Waals surface area contributed by atoms with E-state index in [1.807, 2.05) is 36.4 Å². The topological polar surface area (TPSA) is 76.2 Å². The SMILES string of the molecule is O=C(Nc1ncn(Cc2ccccc2)n1)c1ccc(CN2CCCCC2)o1. The summed E-state index contributed by atoms with van der Waals surface area (Å²) >= 11 is 0. The largest absolute Gasteiger partial charge is 0.455 e. The van der Waals surface area contributed by atoms with Crippen molar-refractivity contribution in [1.29, 1.82) is 0 Å². The summed E-state index contributed by atoms with van der Waals surface area (Å²) < 4.78 is 7.40. The number of hydrogen-bond acceptors (Lipinski definition) is 5. The van der Waals surface area contributed by atoms with Crippen molar-refractivity contribution in [3.8, 4) is 0 Å². The lowest BCUT2D eigenvalue weighted by Crippen LogP contribution is -2.28. The van der Waals surface area contributed by atoms with Crippen LogP contribution in [0.1, 0.15) is 41.1 Å². The van der Waals surface area contributed by atoms with Crippen molar-refractivity contribution < 1.29 is 9.21 Å². The summed E-state index contributed by atoms with van der Waals surface area (Å²) in [4.78, 5) is 18.9. The Kier molecular flexibility index (Phi) is 5.29. The van der Waals surface area contributed by atoms with E-state index in [2.05, 4.69) is 20.3 Å². The molecule has 3 heterocycles. The van der Waals surface area contributed by atoms with E-state index in [1.165, 1.54) is 19.3 Å². The number of piperidine rings is 1. The van der Waals surface area contributed by atoms with Crippen LogP contribution in [-0.2, 0) is 13.1 Å². The van der Waals surface area contributed by atoms with Crippen LogP contribution in [-0.4, -0.2) is 38.7 Å². The van der Waals surface area contributed by atoms with Crippen LogP contribution in [0.5, 0.6) is 0 Å². The minimum atomic E-state index is -0.336. The number of aromatic nitrogens is 3. The third-order valence-corrected chi connectivity index (χ3v) is 4.66. The fourth-order valence-electron chi connectivity index (χ4n) is 3.28. The zero-order chi connectivity index (χ0) is 18.5. The molecule has 7 nitrogen and oxygen atoms in total. The van der Waals surface area contributed by atoms with Crippen molar-refractivity contribution in [1.82, 2.24) is 19.7 Å². The van der Waals surface area contributed by atoms with E-state index in [1.54, 1.807) is 17.1 Å². The highest BCUT2D eigenvalue weighted by Crippen LogP contribution is 2.16. The van der Waals surface area contributed by atoms with Gasteiger partial charge < -0.3 is 4.42 Å². The summed E-state index contributed by atoms with van der Waals surface area (Å²) in [7, 11) is 0. The van der Waals surface area contributed by atoms with E-state index in [4.69, 9.17) is 4.42 Å². The van der Waals surface area contributed by atoms with Gasteiger partial charge in [-0.1, -0.05) is 36.8 Å². The van der Waals surface area contributed by atoms with Gasteiger partial charge in [0.1, 0.15) is 12.1 Å². The number of amides is 1. The van der Waals surface area contributed by atoms with Crippen LogP contribution < -0.4 is 5.32 Å². The molecule has 1 aliphatic heterocycles. The Hall–Kier alpha value is -2.93. The molecule has 4 rings (SSSR count). The molecule has 0 bridgehead atoms. The highest BCUT2D eigenvalue weighted by Gasteiger charge is 2.16. The van der Waals surface area contributed by atoms with Crippen molar-refractivity contribution in [3.05, 3.63) is 65.9 Å². The Bertz CT molecular complexity index is 881. The van der Waals surface area contributed by atoms with Crippen LogP contribution in [0.25, 0.3) is 0 Å². The molecule has 0 unspecified atom stereocenters. The number of carbonyl (C=O) groups excluding carboxylic acids is 1. The minimum absolute atomic E-state index is 0.268. The number of benzene rings is 1. The molecule has 1 saturated heterocycles. The number of nitrogens with one attached hydrogen (secondary N) is 1. The molecule has 0 radical (unpaired) electrons. The first kappa shape index (κ1) is 17.5.